The number of nitrogens with two attached hydrogens (primary N) is 1. The van der Waals surface area contributed by atoms with Crippen LogP contribution in [0.5, 0.6) is 5.75 Å². The lowest BCUT2D eigenvalue weighted by molar-refractivity contribution is 0.160. The number of rotatable bonds is 6. The van der Waals surface area contributed by atoms with Gasteiger partial charge < -0.3 is 10.5 Å². The van der Waals surface area contributed by atoms with Crippen molar-refractivity contribution in [1.29, 1.82) is 0 Å². The molecular weight excluding hydrogens is 234 g/mol. The second-order valence-electron chi connectivity index (χ2n) is 4.43. The molecule has 0 aromatic heterocycles. The minimum absolute atomic E-state index is 0.0621. The minimum Gasteiger partial charge on any atom is -0.488 e. The Hall–Kier alpha value is -0.730. The highest BCUT2D eigenvalue weighted by Gasteiger charge is 2.17. The molecule has 0 saturated carbocycles. The summed E-state index contributed by atoms with van der Waals surface area (Å²) in [5.74, 6) is 0.843. The van der Waals surface area contributed by atoms with Crippen LogP contribution in [0.1, 0.15) is 38.7 Å². The number of hydrogen-bond donors (Lipinski definition) is 1. The molecule has 1 aromatic rings. The lowest BCUT2D eigenvalue weighted by Gasteiger charge is -2.24. The van der Waals surface area contributed by atoms with Gasteiger partial charge in [-0.15, -0.1) is 0 Å². The van der Waals surface area contributed by atoms with E-state index in [1.807, 2.05) is 25.1 Å². The molecule has 96 valence electrons. The van der Waals surface area contributed by atoms with Gasteiger partial charge in [-0.1, -0.05) is 37.9 Å². The summed E-state index contributed by atoms with van der Waals surface area (Å²) in [5, 5.41) is 0.699. The highest BCUT2D eigenvalue weighted by Crippen LogP contribution is 2.25. The summed E-state index contributed by atoms with van der Waals surface area (Å²) in [7, 11) is 0. The number of hydrogen-bond acceptors (Lipinski definition) is 2. The molecule has 2 atom stereocenters. The Morgan fingerprint density at radius 1 is 1.35 bits per heavy atom. The van der Waals surface area contributed by atoms with Crippen LogP contribution < -0.4 is 10.5 Å². The summed E-state index contributed by atoms with van der Waals surface area (Å²) >= 11 is 5.97. The van der Waals surface area contributed by atoms with Gasteiger partial charge in [0.15, 0.2) is 0 Å². The third-order valence-electron chi connectivity index (χ3n) is 2.93. The van der Waals surface area contributed by atoms with Crippen molar-refractivity contribution in [2.45, 2.75) is 52.2 Å². The second-order valence-corrected chi connectivity index (χ2v) is 4.86. The van der Waals surface area contributed by atoms with Crippen LogP contribution >= 0.6 is 11.6 Å². The van der Waals surface area contributed by atoms with E-state index in [1.165, 1.54) is 0 Å². The Morgan fingerprint density at radius 2 is 2.06 bits per heavy atom. The van der Waals surface area contributed by atoms with Crippen molar-refractivity contribution in [1.82, 2.24) is 0 Å². The topological polar surface area (TPSA) is 35.2 Å². The maximum atomic E-state index is 6.12. The lowest BCUT2D eigenvalue weighted by atomic mass is 10.0. The predicted molar refractivity (Wildman–Crippen MR) is 73.8 cm³/mol. The van der Waals surface area contributed by atoms with Gasteiger partial charge in [0, 0.05) is 11.1 Å². The predicted octanol–water partition coefficient (Wildman–Crippen LogP) is 3.93. The van der Waals surface area contributed by atoms with Crippen LogP contribution in [0.4, 0.5) is 0 Å². The number of ether oxygens (including phenoxy) is 1. The molecule has 2 unspecified atom stereocenters. The molecule has 2 N–H and O–H groups in total. The molecule has 0 amide bonds. The van der Waals surface area contributed by atoms with E-state index < -0.39 is 0 Å². The van der Waals surface area contributed by atoms with Crippen molar-refractivity contribution in [3.63, 3.8) is 0 Å². The maximum Gasteiger partial charge on any atom is 0.124 e. The fourth-order valence-corrected chi connectivity index (χ4v) is 2.02. The Bertz CT molecular complexity index is 354. The summed E-state index contributed by atoms with van der Waals surface area (Å²) in [6.07, 6.45) is 3.04. The molecule has 1 aromatic carbocycles. The van der Waals surface area contributed by atoms with Gasteiger partial charge in [-0.3, -0.25) is 0 Å². The highest BCUT2D eigenvalue weighted by atomic mass is 35.5. The zero-order valence-electron chi connectivity index (χ0n) is 10.9. The van der Waals surface area contributed by atoms with E-state index in [0.717, 1.165) is 30.6 Å². The van der Waals surface area contributed by atoms with Gasteiger partial charge in [-0.05, 0) is 37.5 Å². The lowest BCUT2D eigenvalue weighted by Crippen LogP contribution is -2.38. The first-order valence-electron chi connectivity index (χ1n) is 6.26. The molecule has 0 aliphatic rings. The zero-order chi connectivity index (χ0) is 12.8. The smallest absolute Gasteiger partial charge is 0.124 e. The fraction of sp³-hybridized carbons (Fsp3) is 0.571. The Kier molecular flexibility index (Phi) is 5.79. The molecule has 1 rings (SSSR count). The van der Waals surface area contributed by atoms with Crippen LogP contribution in [0.3, 0.4) is 0 Å². The van der Waals surface area contributed by atoms with Crippen LogP contribution in [0.2, 0.25) is 5.02 Å². The van der Waals surface area contributed by atoms with Crippen molar-refractivity contribution < 1.29 is 4.74 Å². The van der Waals surface area contributed by atoms with Gasteiger partial charge >= 0.3 is 0 Å². The standard InChI is InChI=1S/C14H22ClNO/c1-4-6-12(16)13(5-2)17-14-9-11(15)8-7-10(14)3/h7-9,12-13H,4-6,16H2,1-3H3. The monoisotopic (exact) mass is 255 g/mol. The fourth-order valence-electron chi connectivity index (χ4n) is 1.86. The summed E-state index contributed by atoms with van der Waals surface area (Å²) < 4.78 is 5.98. The van der Waals surface area contributed by atoms with Gasteiger partial charge in [0.05, 0.1) is 0 Å². The molecule has 0 radical (unpaired) electrons. The summed E-state index contributed by atoms with van der Waals surface area (Å²) in [4.78, 5) is 0. The maximum absolute atomic E-state index is 6.12. The molecular formula is C14H22ClNO. The zero-order valence-corrected chi connectivity index (χ0v) is 11.6. The van der Waals surface area contributed by atoms with E-state index in [0.29, 0.717) is 5.02 Å². The van der Waals surface area contributed by atoms with Crippen LogP contribution in [0, 0.1) is 6.92 Å². The van der Waals surface area contributed by atoms with Crippen molar-refractivity contribution in [3.05, 3.63) is 28.8 Å². The first-order valence-corrected chi connectivity index (χ1v) is 6.64. The molecule has 0 aliphatic carbocycles. The molecule has 0 heterocycles. The van der Waals surface area contributed by atoms with Gasteiger partial charge in [-0.25, -0.2) is 0 Å². The second kappa shape index (κ2) is 6.87. The van der Waals surface area contributed by atoms with Gasteiger partial charge in [0.25, 0.3) is 0 Å². The SMILES string of the molecule is CCCC(N)C(CC)Oc1cc(Cl)ccc1C. The molecule has 3 heteroatoms. The Labute approximate surface area is 109 Å². The molecule has 0 fully saturated rings. The Balaban J connectivity index is 2.76. The van der Waals surface area contributed by atoms with Crippen molar-refractivity contribution in [2.75, 3.05) is 0 Å². The van der Waals surface area contributed by atoms with Crippen LogP contribution in [0.25, 0.3) is 0 Å². The van der Waals surface area contributed by atoms with E-state index in [4.69, 9.17) is 22.1 Å². The normalized spacial score (nSPS) is 14.4. The summed E-state index contributed by atoms with van der Waals surface area (Å²) in [5.41, 5.74) is 7.21. The minimum atomic E-state index is 0.0621. The van der Waals surface area contributed by atoms with E-state index in [2.05, 4.69) is 13.8 Å². The van der Waals surface area contributed by atoms with E-state index in [1.54, 1.807) is 0 Å². The third kappa shape index (κ3) is 4.21. The van der Waals surface area contributed by atoms with Crippen LogP contribution in [0.15, 0.2) is 18.2 Å². The number of halogens is 1. The molecule has 0 aliphatic heterocycles. The van der Waals surface area contributed by atoms with Crippen molar-refractivity contribution in [2.24, 2.45) is 5.73 Å². The molecule has 0 spiro atoms. The largest absolute Gasteiger partial charge is 0.488 e. The summed E-state index contributed by atoms with van der Waals surface area (Å²) in [6, 6.07) is 5.79. The van der Waals surface area contributed by atoms with Crippen molar-refractivity contribution in [3.8, 4) is 5.75 Å². The van der Waals surface area contributed by atoms with E-state index in [9.17, 15) is 0 Å². The van der Waals surface area contributed by atoms with Gasteiger partial charge in [0.2, 0.25) is 0 Å². The summed E-state index contributed by atoms with van der Waals surface area (Å²) in [6.45, 7) is 6.25. The number of aryl methyl sites for hydroxylation is 1. The highest BCUT2D eigenvalue weighted by molar-refractivity contribution is 6.30. The Morgan fingerprint density at radius 3 is 2.65 bits per heavy atom. The van der Waals surface area contributed by atoms with E-state index >= 15 is 0 Å². The van der Waals surface area contributed by atoms with Crippen LogP contribution in [-0.4, -0.2) is 12.1 Å². The van der Waals surface area contributed by atoms with Gasteiger partial charge in [0.1, 0.15) is 11.9 Å². The molecule has 17 heavy (non-hydrogen) atoms. The average Bonchev–Trinajstić information content (AvgIpc) is 2.30. The molecule has 0 bridgehead atoms. The van der Waals surface area contributed by atoms with Gasteiger partial charge in [-0.2, -0.15) is 0 Å². The first kappa shape index (κ1) is 14.3. The average molecular weight is 256 g/mol. The van der Waals surface area contributed by atoms with Crippen molar-refractivity contribution >= 4 is 11.6 Å². The van der Waals surface area contributed by atoms with Crippen LogP contribution in [-0.2, 0) is 0 Å². The third-order valence-corrected chi connectivity index (χ3v) is 3.17. The molecule has 0 saturated heterocycles. The van der Waals surface area contributed by atoms with E-state index in [-0.39, 0.29) is 12.1 Å². The first-order chi connectivity index (χ1) is 8.08. The quantitative estimate of drug-likeness (QED) is 0.836. The number of benzene rings is 1. The molecule has 2 nitrogen and oxygen atoms in total.